The van der Waals surface area contributed by atoms with Crippen LogP contribution in [0.2, 0.25) is 0 Å². The second-order valence-electron chi connectivity index (χ2n) is 4.35. The zero-order valence-electron chi connectivity index (χ0n) is 10.2. The molecule has 1 aliphatic rings. The van der Waals surface area contributed by atoms with Crippen molar-refractivity contribution < 1.29 is 9.66 Å². The third kappa shape index (κ3) is 2.74. The second-order valence-corrected chi connectivity index (χ2v) is 4.35. The van der Waals surface area contributed by atoms with Crippen molar-refractivity contribution in [3.05, 3.63) is 28.4 Å². The van der Waals surface area contributed by atoms with E-state index in [1.165, 1.54) is 12.3 Å². The molecule has 2 heterocycles. The molecule has 7 heteroatoms. The Morgan fingerprint density at radius 2 is 2.44 bits per heavy atom. The van der Waals surface area contributed by atoms with Crippen LogP contribution in [0.3, 0.4) is 0 Å². The molecule has 1 aliphatic heterocycles. The van der Waals surface area contributed by atoms with E-state index in [4.69, 9.17) is 10.5 Å². The fourth-order valence-electron chi connectivity index (χ4n) is 1.90. The number of aromatic nitrogens is 1. The van der Waals surface area contributed by atoms with Crippen molar-refractivity contribution >= 4 is 11.5 Å². The summed E-state index contributed by atoms with van der Waals surface area (Å²) in [4.78, 5) is 15.9. The van der Waals surface area contributed by atoms with Crippen LogP contribution in [0.4, 0.5) is 11.5 Å². The van der Waals surface area contributed by atoms with Crippen LogP contribution in [0.15, 0.2) is 18.3 Å². The van der Waals surface area contributed by atoms with Crippen molar-refractivity contribution in [1.82, 2.24) is 4.98 Å². The van der Waals surface area contributed by atoms with Crippen molar-refractivity contribution in [1.29, 1.82) is 0 Å². The molecule has 0 bridgehead atoms. The minimum absolute atomic E-state index is 0.0195. The predicted molar refractivity (Wildman–Crippen MR) is 66.5 cm³/mol. The number of hydrogen-bond donors (Lipinski definition) is 1. The maximum Gasteiger partial charge on any atom is 0.363 e. The molecule has 2 rings (SSSR count). The summed E-state index contributed by atoms with van der Waals surface area (Å²) in [5.41, 5.74) is 6.67. The molecule has 2 N–H and O–H groups in total. The third-order valence-electron chi connectivity index (χ3n) is 2.96. The molecule has 18 heavy (non-hydrogen) atoms. The summed E-state index contributed by atoms with van der Waals surface area (Å²) in [5, 5.41) is 10.5. The maximum atomic E-state index is 10.5. The van der Waals surface area contributed by atoms with Crippen molar-refractivity contribution in [2.75, 3.05) is 24.6 Å². The van der Waals surface area contributed by atoms with Gasteiger partial charge in [0.05, 0.1) is 18.4 Å². The molecule has 0 saturated carbocycles. The van der Waals surface area contributed by atoms with E-state index in [-0.39, 0.29) is 18.0 Å². The summed E-state index contributed by atoms with van der Waals surface area (Å²) in [6.45, 7) is 3.92. The molecule has 1 fully saturated rings. The van der Waals surface area contributed by atoms with Crippen LogP contribution in [0.1, 0.15) is 6.92 Å². The normalized spacial score (nSPS) is 21.7. The smallest absolute Gasteiger partial charge is 0.363 e. The minimum atomic E-state index is -0.506. The zero-order valence-corrected chi connectivity index (χ0v) is 10.2. The molecule has 1 aromatic heterocycles. The highest BCUT2D eigenvalue weighted by Crippen LogP contribution is 2.19. The van der Waals surface area contributed by atoms with E-state index in [1.807, 2.05) is 6.92 Å². The quantitative estimate of drug-likeness (QED) is 0.623. The molecular weight excluding hydrogens is 236 g/mol. The van der Waals surface area contributed by atoms with E-state index in [1.54, 1.807) is 6.07 Å². The topological polar surface area (TPSA) is 94.5 Å². The lowest BCUT2D eigenvalue weighted by Gasteiger charge is -2.35. The number of rotatable bonds is 3. The average Bonchev–Trinajstić information content (AvgIpc) is 2.39. The molecule has 98 valence electrons. The van der Waals surface area contributed by atoms with Gasteiger partial charge in [0.15, 0.2) is 6.20 Å². The summed E-state index contributed by atoms with van der Waals surface area (Å²) in [6, 6.07) is 3.07. The number of anilines is 1. The first-order valence-corrected chi connectivity index (χ1v) is 5.80. The fourth-order valence-corrected chi connectivity index (χ4v) is 1.90. The van der Waals surface area contributed by atoms with Gasteiger partial charge in [-0.05, 0) is 22.9 Å². The molecular formula is C11H16N4O3. The van der Waals surface area contributed by atoms with E-state index in [2.05, 4.69) is 9.88 Å². The molecule has 0 aliphatic carbocycles. The van der Waals surface area contributed by atoms with Gasteiger partial charge in [0.25, 0.3) is 0 Å². The van der Waals surface area contributed by atoms with E-state index < -0.39 is 4.92 Å². The summed E-state index contributed by atoms with van der Waals surface area (Å²) in [7, 11) is 0. The van der Waals surface area contributed by atoms with Gasteiger partial charge in [-0.3, -0.25) is 0 Å². The van der Waals surface area contributed by atoms with Gasteiger partial charge in [0.1, 0.15) is 0 Å². The Morgan fingerprint density at radius 1 is 1.67 bits per heavy atom. The SMILES string of the molecule is CC(N)C1CN(c2ccc([N+](=O)[O-])nc2)CCO1. The second kappa shape index (κ2) is 5.28. The molecule has 0 amide bonds. The molecule has 2 unspecified atom stereocenters. The van der Waals surface area contributed by atoms with Gasteiger partial charge in [-0.15, -0.1) is 0 Å². The van der Waals surface area contributed by atoms with Crippen molar-refractivity contribution in [2.24, 2.45) is 5.73 Å². The fraction of sp³-hybridized carbons (Fsp3) is 0.545. The Balaban J connectivity index is 2.09. The summed E-state index contributed by atoms with van der Waals surface area (Å²) in [5.74, 6) is -0.143. The molecule has 0 radical (unpaired) electrons. The van der Waals surface area contributed by atoms with Crippen molar-refractivity contribution in [3.8, 4) is 0 Å². The van der Waals surface area contributed by atoms with Gasteiger partial charge in [-0.25, -0.2) is 0 Å². The third-order valence-corrected chi connectivity index (χ3v) is 2.96. The van der Waals surface area contributed by atoms with Crippen molar-refractivity contribution in [3.63, 3.8) is 0 Å². The molecule has 1 aromatic rings. The monoisotopic (exact) mass is 252 g/mol. The predicted octanol–water partition coefficient (Wildman–Crippen LogP) is 0.542. The van der Waals surface area contributed by atoms with Gasteiger partial charge >= 0.3 is 5.82 Å². The lowest BCUT2D eigenvalue weighted by atomic mass is 10.1. The number of nitrogens with two attached hydrogens (primary N) is 1. The number of morpholine rings is 1. The summed E-state index contributed by atoms with van der Waals surface area (Å²) >= 11 is 0. The first-order valence-electron chi connectivity index (χ1n) is 5.80. The van der Waals surface area contributed by atoms with Crippen LogP contribution < -0.4 is 10.6 Å². The van der Waals surface area contributed by atoms with Crippen LogP contribution in [0.25, 0.3) is 0 Å². The Bertz CT molecular complexity index is 421. The highest BCUT2D eigenvalue weighted by molar-refractivity contribution is 5.47. The minimum Gasteiger partial charge on any atom is -0.373 e. The highest BCUT2D eigenvalue weighted by Gasteiger charge is 2.24. The van der Waals surface area contributed by atoms with Crippen molar-refractivity contribution in [2.45, 2.75) is 19.1 Å². The van der Waals surface area contributed by atoms with Gasteiger partial charge in [0, 0.05) is 25.2 Å². The first-order chi connectivity index (χ1) is 8.58. The molecule has 1 saturated heterocycles. The summed E-state index contributed by atoms with van der Waals surface area (Å²) in [6.07, 6.45) is 1.50. The number of hydrogen-bond acceptors (Lipinski definition) is 6. The van der Waals surface area contributed by atoms with Crippen LogP contribution in [-0.2, 0) is 4.74 Å². The molecule has 0 aromatic carbocycles. The van der Waals surface area contributed by atoms with Crippen LogP contribution >= 0.6 is 0 Å². The van der Waals surface area contributed by atoms with Crippen LogP contribution in [0.5, 0.6) is 0 Å². The maximum absolute atomic E-state index is 10.5. The van der Waals surface area contributed by atoms with Gasteiger partial charge in [-0.1, -0.05) is 0 Å². The van der Waals surface area contributed by atoms with E-state index >= 15 is 0 Å². The molecule has 7 nitrogen and oxygen atoms in total. The Kier molecular flexibility index (Phi) is 3.73. The lowest BCUT2D eigenvalue weighted by molar-refractivity contribution is -0.389. The summed E-state index contributed by atoms with van der Waals surface area (Å²) < 4.78 is 5.56. The largest absolute Gasteiger partial charge is 0.373 e. The molecule has 2 atom stereocenters. The number of nitrogens with zero attached hydrogens (tertiary/aromatic N) is 3. The van der Waals surface area contributed by atoms with Gasteiger partial charge in [0.2, 0.25) is 0 Å². The van der Waals surface area contributed by atoms with Gasteiger partial charge in [-0.2, -0.15) is 0 Å². The molecule has 0 spiro atoms. The Labute approximate surface area is 105 Å². The van der Waals surface area contributed by atoms with Gasteiger partial charge < -0.3 is 25.5 Å². The van der Waals surface area contributed by atoms with E-state index in [0.717, 1.165) is 12.2 Å². The van der Waals surface area contributed by atoms with Crippen LogP contribution in [0, 0.1) is 10.1 Å². The first kappa shape index (κ1) is 12.7. The number of pyridine rings is 1. The highest BCUT2D eigenvalue weighted by atomic mass is 16.6. The number of ether oxygens (including phenoxy) is 1. The Hall–Kier alpha value is -1.73. The lowest BCUT2D eigenvalue weighted by Crippen LogP contribution is -2.49. The zero-order chi connectivity index (χ0) is 13.1. The Morgan fingerprint density at radius 3 is 3.00 bits per heavy atom. The van der Waals surface area contributed by atoms with Crippen LogP contribution in [-0.4, -0.2) is 41.7 Å². The standard InChI is InChI=1S/C11H16N4O3/c1-8(12)10-7-14(4-5-18-10)9-2-3-11(13-6-9)15(16)17/h2-3,6,8,10H,4-5,7,12H2,1H3. The van der Waals surface area contributed by atoms with E-state index in [0.29, 0.717) is 13.2 Å². The van der Waals surface area contributed by atoms with E-state index in [9.17, 15) is 10.1 Å². The average molecular weight is 252 g/mol. The number of nitro groups is 1.